The number of nitrogens with one attached hydrogen (secondary N) is 1. The molecule has 0 unspecified atom stereocenters. The molecule has 1 aliphatic heterocycles. The molecular formula is C18H21N3O3S2. The van der Waals surface area contributed by atoms with Gasteiger partial charge >= 0.3 is 0 Å². The van der Waals surface area contributed by atoms with E-state index in [0.717, 1.165) is 23.4 Å². The van der Waals surface area contributed by atoms with E-state index in [0.29, 0.717) is 18.7 Å². The lowest BCUT2D eigenvalue weighted by molar-refractivity contribution is 0.0954. The molecule has 0 atom stereocenters. The van der Waals surface area contributed by atoms with Crippen LogP contribution in [0.1, 0.15) is 39.9 Å². The summed E-state index contributed by atoms with van der Waals surface area (Å²) in [7, 11) is -3.47. The molecular weight excluding hydrogens is 370 g/mol. The lowest BCUT2D eigenvalue weighted by Gasteiger charge is -2.15. The van der Waals surface area contributed by atoms with Gasteiger partial charge in [-0.15, -0.1) is 11.3 Å². The molecule has 1 aromatic carbocycles. The molecule has 1 aliphatic rings. The van der Waals surface area contributed by atoms with Crippen LogP contribution in [0.25, 0.3) is 0 Å². The molecule has 0 saturated carbocycles. The quantitative estimate of drug-likeness (QED) is 0.629. The largest absolute Gasteiger partial charge is 0.271 e. The summed E-state index contributed by atoms with van der Waals surface area (Å²) in [5.41, 5.74) is 3.61. The van der Waals surface area contributed by atoms with Gasteiger partial charge in [-0.1, -0.05) is 0 Å². The summed E-state index contributed by atoms with van der Waals surface area (Å²) in [6.07, 6.45) is 1.78. The lowest BCUT2D eigenvalue weighted by atomic mass is 10.2. The molecule has 1 saturated heterocycles. The summed E-state index contributed by atoms with van der Waals surface area (Å²) in [6, 6.07) is 9.93. The van der Waals surface area contributed by atoms with Crippen molar-refractivity contribution in [1.29, 1.82) is 0 Å². The van der Waals surface area contributed by atoms with Crippen molar-refractivity contribution >= 4 is 33.0 Å². The Balaban J connectivity index is 1.69. The van der Waals surface area contributed by atoms with E-state index in [2.05, 4.69) is 10.5 Å². The normalized spacial score (nSPS) is 16.0. The van der Waals surface area contributed by atoms with Gasteiger partial charge in [0.1, 0.15) is 0 Å². The van der Waals surface area contributed by atoms with Crippen LogP contribution in [0.2, 0.25) is 0 Å². The fourth-order valence-electron chi connectivity index (χ4n) is 2.74. The maximum atomic E-state index is 12.5. The Labute approximate surface area is 157 Å². The summed E-state index contributed by atoms with van der Waals surface area (Å²) < 4.78 is 26.5. The fourth-order valence-corrected chi connectivity index (χ4v) is 5.07. The van der Waals surface area contributed by atoms with Gasteiger partial charge in [0, 0.05) is 23.5 Å². The summed E-state index contributed by atoms with van der Waals surface area (Å²) in [4.78, 5) is 14.6. The van der Waals surface area contributed by atoms with Crippen LogP contribution in [0.4, 0.5) is 0 Å². The molecule has 6 nitrogen and oxygen atoms in total. The van der Waals surface area contributed by atoms with E-state index in [4.69, 9.17) is 0 Å². The van der Waals surface area contributed by atoms with Crippen LogP contribution < -0.4 is 5.43 Å². The molecule has 1 fully saturated rings. The zero-order chi connectivity index (χ0) is 18.7. The van der Waals surface area contributed by atoms with Crippen LogP contribution >= 0.6 is 11.3 Å². The third-order valence-electron chi connectivity index (χ3n) is 4.24. The molecule has 26 heavy (non-hydrogen) atoms. The monoisotopic (exact) mass is 391 g/mol. The van der Waals surface area contributed by atoms with Gasteiger partial charge in [-0.2, -0.15) is 9.41 Å². The Morgan fingerprint density at radius 3 is 2.35 bits per heavy atom. The van der Waals surface area contributed by atoms with Gasteiger partial charge in [-0.05, 0) is 63.1 Å². The first-order valence-electron chi connectivity index (χ1n) is 8.39. The number of rotatable bonds is 5. The molecule has 1 amide bonds. The number of carbonyl (C=O) groups excluding carboxylic acids is 1. The SMILES string of the molecule is C/C(=N/NC(=O)c1ccc(S(=O)(=O)N2CCCC2)cc1)c1ccc(C)s1. The molecule has 0 radical (unpaired) electrons. The van der Waals surface area contributed by atoms with Crippen molar-refractivity contribution in [2.75, 3.05) is 13.1 Å². The number of hydrogen-bond acceptors (Lipinski definition) is 5. The van der Waals surface area contributed by atoms with Gasteiger partial charge in [-0.3, -0.25) is 4.79 Å². The fraction of sp³-hybridized carbons (Fsp3) is 0.333. The second kappa shape index (κ2) is 7.69. The van der Waals surface area contributed by atoms with E-state index in [9.17, 15) is 13.2 Å². The molecule has 138 valence electrons. The number of hydrogen-bond donors (Lipinski definition) is 1. The first-order valence-corrected chi connectivity index (χ1v) is 10.7. The van der Waals surface area contributed by atoms with Crippen LogP contribution in [0.15, 0.2) is 46.4 Å². The Kier molecular flexibility index (Phi) is 5.55. The first kappa shape index (κ1) is 18.8. The van der Waals surface area contributed by atoms with Crippen LogP contribution in [-0.2, 0) is 10.0 Å². The van der Waals surface area contributed by atoms with Crippen molar-refractivity contribution in [3.8, 4) is 0 Å². The van der Waals surface area contributed by atoms with Gasteiger partial charge in [0.05, 0.1) is 15.5 Å². The van der Waals surface area contributed by atoms with Crippen molar-refractivity contribution in [3.05, 3.63) is 51.7 Å². The Morgan fingerprint density at radius 1 is 1.12 bits per heavy atom. The number of sulfonamides is 1. The molecule has 8 heteroatoms. The van der Waals surface area contributed by atoms with Gasteiger partial charge in [-0.25, -0.2) is 13.8 Å². The first-order chi connectivity index (χ1) is 12.4. The minimum atomic E-state index is -3.47. The zero-order valence-corrected chi connectivity index (χ0v) is 16.4. The molecule has 2 aromatic rings. The lowest BCUT2D eigenvalue weighted by Crippen LogP contribution is -2.28. The molecule has 1 aromatic heterocycles. The van der Waals surface area contributed by atoms with E-state index in [1.165, 1.54) is 33.4 Å². The summed E-state index contributed by atoms with van der Waals surface area (Å²) in [5, 5.41) is 4.12. The molecule has 0 bridgehead atoms. The molecule has 1 N–H and O–H groups in total. The second-order valence-electron chi connectivity index (χ2n) is 6.18. The summed E-state index contributed by atoms with van der Waals surface area (Å²) >= 11 is 1.61. The molecule has 0 aliphatic carbocycles. The Hall–Kier alpha value is -2.03. The highest BCUT2D eigenvalue weighted by Crippen LogP contribution is 2.21. The van der Waals surface area contributed by atoms with E-state index >= 15 is 0 Å². The average Bonchev–Trinajstić information content (AvgIpc) is 3.31. The van der Waals surface area contributed by atoms with Gasteiger partial charge in [0.2, 0.25) is 10.0 Å². The van der Waals surface area contributed by atoms with E-state index < -0.39 is 10.0 Å². The van der Waals surface area contributed by atoms with Crippen molar-refractivity contribution in [3.63, 3.8) is 0 Å². The standard InChI is InChI=1S/C18H21N3O3S2/c1-13-5-10-17(25-13)14(2)19-20-18(22)15-6-8-16(9-7-15)26(23,24)21-11-3-4-12-21/h5-10H,3-4,11-12H2,1-2H3,(H,20,22)/b19-14-. The number of hydrazone groups is 1. The molecule has 3 rings (SSSR count). The Bertz CT molecular complexity index is 925. The molecule has 2 heterocycles. The highest BCUT2D eigenvalue weighted by molar-refractivity contribution is 7.89. The maximum Gasteiger partial charge on any atom is 0.271 e. The number of thiophene rings is 1. The van der Waals surface area contributed by atoms with Crippen molar-refractivity contribution < 1.29 is 13.2 Å². The number of nitrogens with zero attached hydrogens (tertiary/aromatic N) is 2. The van der Waals surface area contributed by atoms with Gasteiger partial charge in [0.15, 0.2) is 0 Å². The zero-order valence-electron chi connectivity index (χ0n) is 14.7. The van der Waals surface area contributed by atoms with Crippen LogP contribution in [-0.4, -0.2) is 37.4 Å². The number of aryl methyl sites for hydroxylation is 1. The van der Waals surface area contributed by atoms with Gasteiger partial charge < -0.3 is 0 Å². The molecule has 0 spiro atoms. The third kappa shape index (κ3) is 4.03. The highest BCUT2D eigenvalue weighted by atomic mass is 32.2. The Morgan fingerprint density at radius 2 is 1.77 bits per heavy atom. The predicted molar refractivity (Wildman–Crippen MR) is 103 cm³/mol. The van der Waals surface area contributed by atoms with Crippen LogP contribution in [0.3, 0.4) is 0 Å². The second-order valence-corrected chi connectivity index (χ2v) is 9.41. The van der Waals surface area contributed by atoms with Gasteiger partial charge in [0.25, 0.3) is 5.91 Å². The van der Waals surface area contributed by atoms with Crippen LogP contribution in [0.5, 0.6) is 0 Å². The van der Waals surface area contributed by atoms with Crippen molar-refractivity contribution in [1.82, 2.24) is 9.73 Å². The van der Waals surface area contributed by atoms with Crippen LogP contribution in [0, 0.1) is 6.92 Å². The van der Waals surface area contributed by atoms with Crippen molar-refractivity contribution in [2.24, 2.45) is 5.10 Å². The topological polar surface area (TPSA) is 78.8 Å². The summed E-state index contributed by atoms with van der Waals surface area (Å²) in [5.74, 6) is -0.372. The van der Waals surface area contributed by atoms with E-state index in [1.54, 1.807) is 11.3 Å². The number of benzene rings is 1. The third-order valence-corrected chi connectivity index (χ3v) is 7.26. The van der Waals surface area contributed by atoms with E-state index in [-0.39, 0.29) is 10.8 Å². The predicted octanol–water partition coefficient (Wildman–Crippen LogP) is 3.00. The van der Waals surface area contributed by atoms with Crippen molar-refractivity contribution in [2.45, 2.75) is 31.6 Å². The summed E-state index contributed by atoms with van der Waals surface area (Å²) in [6.45, 7) is 4.95. The highest BCUT2D eigenvalue weighted by Gasteiger charge is 2.27. The van der Waals surface area contributed by atoms with E-state index in [1.807, 2.05) is 26.0 Å². The number of carbonyl (C=O) groups is 1. The minimum absolute atomic E-state index is 0.213. The maximum absolute atomic E-state index is 12.5. The smallest absolute Gasteiger partial charge is 0.267 e. The minimum Gasteiger partial charge on any atom is -0.267 e. The number of amides is 1. The average molecular weight is 392 g/mol.